The molecule has 0 atom stereocenters. The Balaban J connectivity index is 1.76. The van der Waals surface area contributed by atoms with Gasteiger partial charge in [0.1, 0.15) is 12.3 Å². The zero-order valence-corrected chi connectivity index (χ0v) is 14.6. The number of non-ortho nitro benzene ring substituents is 1. The van der Waals surface area contributed by atoms with Gasteiger partial charge in [0.05, 0.1) is 22.0 Å². The van der Waals surface area contributed by atoms with E-state index in [1.165, 1.54) is 24.3 Å². The predicted octanol–water partition coefficient (Wildman–Crippen LogP) is 3.67. The number of carbonyl (C=O) groups excluding carboxylic acids is 1. The molecule has 0 saturated heterocycles. The maximum Gasteiger partial charge on any atom is 0.331 e. The molecule has 0 bridgehead atoms. The lowest BCUT2D eigenvalue weighted by Crippen LogP contribution is -2.20. The molecule has 0 aliphatic rings. The molecular weight excluding hydrogens is 360 g/mol. The molecule has 1 heterocycles. The maximum absolute atomic E-state index is 12.7. The van der Waals surface area contributed by atoms with Crippen LogP contribution in [-0.4, -0.2) is 15.5 Å². The van der Waals surface area contributed by atoms with Gasteiger partial charge in [0.25, 0.3) is 5.69 Å². The van der Waals surface area contributed by atoms with Crippen LogP contribution in [-0.2, 0) is 11.3 Å². The fourth-order valence-corrected chi connectivity index (χ4v) is 3.20. The first-order valence-corrected chi connectivity index (χ1v) is 8.50. The van der Waals surface area contributed by atoms with Gasteiger partial charge < -0.3 is 9.30 Å². The number of benzene rings is 3. The van der Waals surface area contributed by atoms with E-state index < -0.39 is 10.9 Å². The molecule has 0 radical (unpaired) electrons. The Morgan fingerprint density at radius 3 is 2.14 bits per heavy atom. The molecule has 0 fully saturated rings. The number of pyridine rings is 1. The summed E-state index contributed by atoms with van der Waals surface area (Å²) in [5, 5.41) is 11.9. The predicted molar refractivity (Wildman–Crippen MR) is 104 cm³/mol. The van der Waals surface area contributed by atoms with Gasteiger partial charge >= 0.3 is 5.97 Å². The molecule has 4 rings (SSSR count). The minimum atomic E-state index is -0.598. The van der Waals surface area contributed by atoms with Gasteiger partial charge in [-0.15, -0.1) is 0 Å². The Morgan fingerprint density at radius 1 is 0.929 bits per heavy atom. The number of esters is 1. The molecule has 0 amide bonds. The summed E-state index contributed by atoms with van der Waals surface area (Å²) in [6.07, 6.45) is 0. The first kappa shape index (κ1) is 17.4. The Labute approximate surface area is 158 Å². The van der Waals surface area contributed by atoms with Gasteiger partial charge in [0.15, 0.2) is 5.43 Å². The van der Waals surface area contributed by atoms with Crippen molar-refractivity contribution in [1.29, 1.82) is 0 Å². The fraction of sp³-hybridized carbons (Fsp3) is 0.0476. The third-order valence-electron chi connectivity index (χ3n) is 4.43. The summed E-state index contributed by atoms with van der Waals surface area (Å²) in [6.45, 7) is -0.149. The summed E-state index contributed by atoms with van der Waals surface area (Å²) in [6, 6.07) is 19.5. The zero-order chi connectivity index (χ0) is 19.7. The largest absolute Gasteiger partial charge is 0.425 e. The second-order valence-corrected chi connectivity index (χ2v) is 6.18. The van der Waals surface area contributed by atoms with E-state index in [1.54, 1.807) is 53.1 Å². The molecule has 138 valence electrons. The highest BCUT2D eigenvalue weighted by Gasteiger charge is 2.15. The highest BCUT2D eigenvalue weighted by Crippen LogP contribution is 2.21. The number of nitrogens with zero attached hydrogens (tertiary/aromatic N) is 2. The molecule has 1 aromatic heterocycles. The van der Waals surface area contributed by atoms with E-state index >= 15 is 0 Å². The van der Waals surface area contributed by atoms with Crippen molar-refractivity contribution in [3.63, 3.8) is 0 Å². The molecule has 7 heteroatoms. The van der Waals surface area contributed by atoms with Gasteiger partial charge in [0.2, 0.25) is 0 Å². The number of hydrogen-bond donors (Lipinski definition) is 0. The summed E-state index contributed by atoms with van der Waals surface area (Å²) in [5.41, 5.74) is 0.962. The number of carbonyl (C=O) groups is 1. The normalized spacial score (nSPS) is 10.9. The number of hydrogen-bond acceptors (Lipinski definition) is 5. The minimum Gasteiger partial charge on any atom is -0.425 e. The molecular formula is C21H14N2O5. The first-order chi connectivity index (χ1) is 13.5. The van der Waals surface area contributed by atoms with Crippen LogP contribution in [0.1, 0.15) is 0 Å². The summed E-state index contributed by atoms with van der Waals surface area (Å²) in [4.78, 5) is 35.6. The molecule has 0 aliphatic carbocycles. The Morgan fingerprint density at radius 2 is 1.54 bits per heavy atom. The van der Waals surface area contributed by atoms with Crippen LogP contribution < -0.4 is 10.2 Å². The van der Waals surface area contributed by atoms with Crippen LogP contribution in [0.5, 0.6) is 5.75 Å². The van der Waals surface area contributed by atoms with Crippen molar-refractivity contribution < 1.29 is 14.5 Å². The summed E-state index contributed by atoms with van der Waals surface area (Å²) in [7, 11) is 0. The molecule has 0 unspecified atom stereocenters. The topological polar surface area (TPSA) is 91.4 Å². The van der Waals surface area contributed by atoms with Crippen LogP contribution in [0.15, 0.2) is 77.6 Å². The van der Waals surface area contributed by atoms with E-state index in [0.717, 1.165) is 0 Å². The average molecular weight is 374 g/mol. The van der Waals surface area contributed by atoms with Crippen molar-refractivity contribution in [3.05, 3.63) is 93.1 Å². The highest BCUT2D eigenvalue weighted by molar-refractivity contribution is 5.94. The van der Waals surface area contributed by atoms with Crippen molar-refractivity contribution in [1.82, 2.24) is 4.57 Å². The van der Waals surface area contributed by atoms with Crippen LogP contribution in [0.4, 0.5) is 5.69 Å². The Bertz CT molecular complexity index is 1230. The first-order valence-electron chi connectivity index (χ1n) is 8.50. The lowest BCUT2D eigenvalue weighted by atomic mass is 10.1. The lowest BCUT2D eigenvalue weighted by molar-refractivity contribution is -0.384. The van der Waals surface area contributed by atoms with Crippen molar-refractivity contribution >= 4 is 33.5 Å². The van der Waals surface area contributed by atoms with Gasteiger partial charge in [-0.2, -0.15) is 0 Å². The zero-order valence-electron chi connectivity index (χ0n) is 14.6. The molecule has 0 spiro atoms. The molecule has 3 aromatic carbocycles. The number of ether oxygens (including phenoxy) is 1. The Hall–Kier alpha value is -4.00. The average Bonchev–Trinajstić information content (AvgIpc) is 2.71. The number of aromatic nitrogens is 1. The van der Waals surface area contributed by atoms with Crippen LogP contribution in [0.2, 0.25) is 0 Å². The molecule has 0 N–H and O–H groups in total. The van der Waals surface area contributed by atoms with Gasteiger partial charge in [0, 0.05) is 16.8 Å². The van der Waals surface area contributed by atoms with Crippen LogP contribution in [0.3, 0.4) is 0 Å². The number of rotatable bonds is 4. The molecule has 0 aliphatic heterocycles. The van der Waals surface area contributed by atoms with E-state index in [0.29, 0.717) is 21.8 Å². The van der Waals surface area contributed by atoms with E-state index in [2.05, 4.69) is 0 Å². The number of nitro groups is 1. The molecule has 0 saturated carbocycles. The summed E-state index contributed by atoms with van der Waals surface area (Å²) in [5.74, 6) is -0.506. The minimum absolute atomic E-state index is 0.0915. The van der Waals surface area contributed by atoms with Crippen molar-refractivity contribution in [2.45, 2.75) is 6.54 Å². The number of fused-ring (bicyclic) bond motifs is 2. The van der Waals surface area contributed by atoms with Gasteiger partial charge in [-0.05, 0) is 30.3 Å². The third kappa shape index (κ3) is 3.09. The molecule has 7 nitrogen and oxygen atoms in total. The Kier molecular flexibility index (Phi) is 4.33. The second kappa shape index (κ2) is 6.96. The van der Waals surface area contributed by atoms with E-state index in [4.69, 9.17) is 4.74 Å². The van der Waals surface area contributed by atoms with Gasteiger partial charge in [-0.25, -0.2) is 4.79 Å². The molecule has 4 aromatic rings. The molecule has 28 heavy (non-hydrogen) atoms. The van der Waals surface area contributed by atoms with Gasteiger partial charge in [-0.3, -0.25) is 14.9 Å². The summed E-state index contributed by atoms with van der Waals surface area (Å²) < 4.78 is 7.01. The van der Waals surface area contributed by atoms with Crippen LogP contribution in [0.25, 0.3) is 21.8 Å². The third-order valence-corrected chi connectivity index (χ3v) is 4.43. The van der Waals surface area contributed by atoms with Crippen molar-refractivity contribution in [3.8, 4) is 5.75 Å². The maximum atomic E-state index is 12.7. The smallest absolute Gasteiger partial charge is 0.331 e. The summed E-state index contributed by atoms with van der Waals surface area (Å²) >= 11 is 0. The monoisotopic (exact) mass is 374 g/mol. The number of para-hydroxylation sites is 2. The standard InChI is InChI=1S/C21H14N2O5/c24-20(28-15-7-5-6-14(12-15)23(26)27)13-22-18-10-3-1-8-16(18)21(25)17-9-2-4-11-19(17)22/h1-12H,13H2. The van der Waals surface area contributed by atoms with E-state index in [9.17, 15) is 19.7 Å². The fourth-order valence-electron chi connectivity index (χ4n) is 3.20. The van der Waals surface area contributed by atoms with Crippen molar-refractivity contribution in [2.24, 2.45) is 0 Å². The van der Waals surface area contributed by atoms with Crippen LogP contribution in [0, 0.1) is 10.1 Å². The highest BCUT2D eigenvalue weighted by atomic mass is 16.6. The lowest BCUT2D eigenvalue weighted by Gasteiger charge is -2.14. The van der Waals surface area contributed by atoms with Crippen LogP contribution >= 0.6 is 0 Å². The van der Waals surface area contributed by atoms with E-state index in [1.807, 2.05) is 0 Å². The second-order valence-electron chi connectivity index (χ2n) is 6.18. The SMILES string of the molecule is O=C(Cn1c2ccccc2c(=O)c2ccccc21)Oc1cccc([N+](=O)[O-])c1. The quantitative estimate of drug-likeness (QED) is 0.179. The number of nitro benzene ring substituents is 1. The van der Waals surface area contributed by atoms with Gasteiger partial charge in [-0.1, -0.05) is 30.3 Å². The van der Waals surface area contributed by atoms with Crippen molar-refractivity contribution in [2.75, 3.05) is 0 Å². The van der Waals surface area contributed by atoms with E-state index in [-0.39, 0.29) is 23.4 Å².